The number of para-hydroxylation sites is 1. The van der Waals surface area contributed by atoms with E-state index in [4.69, 9.17) is 24.7 Å². The van der Waals surface area contributed by atoms with E-state index in [1.54, 1.807) is 25.1 Å². The maximum absolute atomic E-state index is 13.6. The van der Waals surface area contributed by atoms with Gasteiger partial charge in [-0.3, -0.25) is 4.79 Å². The molecule has 1 aliphatic heterocycles. The molecule has 2 aromatic carbocycles. The van der Waals surface area contributed by atoms with Gasteiger partial charge in [-0.15, -0.1) is 0 Å². The van der Waals surface area contributed by atoms with Crippen LogP contribution in [0.15, 0.2) is 71.3 Å². The topological polar surface area (TPSA) is 97.1 Å². The van der Waals surface area contributed by atoms with Crippen LogP contribution in [0.25, 0.3) is 0 Å². The lowest BCUT2D eigenvalue weighted by atomic mass is 9.73. The van der Waals surface area contributed by atoms with E-state index in [1.165, 1.54) is 14.2 Å². The highest BCUT2D eigenvalue weighted by Gasteiger charge is 2.44. The summed E-state index contributed by atoms with van der Waals surface area (Å²) in [5, 5.41) is 0. The van der Waals surface area contributed by atoms with Crippen molar-refractivity contribution in [1.82, 2.24) is 0 Å². The van der Waals surface area contributed by atoms with Crippen LogP contribution >= 0.6 is 0 Å². The lowest BCUT2D eigenvalue weighted by molar-refractivity contribution is -0.139. The van der Waals surface area contributed by atoms with E-state index in [2.05, 4.69) is 0 Å². The Bertz CT molecular complexity index is 1130. The fourth-order valence-corrected chi connectivity index (χ4v) is 4.63. The summed E-state index contributed by atoms with van der Waals surface area (Å²) in [6.45, 7) is 1.87. The minimum Gasteiger partial charge on any atom is -0.493 e. The average Bonchev–Trinajstić information content (AvgIpc) is 2.83. The highest BCUT2D eigenvalue weighted by Crippen LogP contribution is 2.50. The van der Waals surface area contributed by atoms with Crippen molar-refractivity contribution >= 4 is 11.8 Å². The third kappa shape index (κ3) is 4.06. The van der Waals surface area contributed by atoms with Crippen LogP contribution < -0.4 is 15.2 Å². The Kier molecular flexibility index (Phi) is 6.40. The van der Waals surface area contributed by atoms with Gasteiger partial charge in [-0.25, -0.2) is 4.79 Å². The standard InChI is InChI=1S/C26H27NO6/c1-4-32-26(29)23-21(17-11-8-12-19(30-2)24(17)31-3)22-18(28)13-16(14-20(22)33-25(23)27)15-9-6-5-7-10-15/h5-12,16,21H,4,13-14,27H2,1-3H3/t16-,21-/m0/s1. The van der Waals surface area contributed by atoms with Crippen LogP contribution in [-0.2, 0) is 19.1 Å². The number of hydrogen-bond acceptors (Lipinski definition) is 7. The molecule has 0 radical (unpaired) electrons. The van der Waals surface area contributed by atoms with Gasteiger partial charge in [0.1, 0.15) is 11.3 Å². The maximum atomic E-state index is 13.6. The normalized spacial score (nSPS) is 20.2. The molecule has 7 nitrogen and oxygen atoms in total. The van der Waals surface area contributed by atoms with Crippen molar-refractivity contribution in [3.63, 3.8) is 0 Å². The second kappa shape index (κ2) is 9.40. The second-order valence-electron chi connectivity index (χ2n) is 7.89. The number of ketones is 1. The first-order valence-electron chi connectivity index (χ1n) is 10.9. The fourth-order valence-electron chi connectivity index (χ4n) is 4.63. The molecule has 1 heterocycles. The van der Waals surface area contributed by atoms with Gasteiger partial charge in [0.2, 0.25) is 5.88 Å². The van der Waals surface area contributed by atoms with Gasteiger partial charge < -0.3 is 24.7 Å². The maximum Gasteiger partial charge on any atom is 0.340 e. The number of methoxy groups -OCH3 is 2. The van der Waals surface area contributed by atoms with Gasteiger partial charge in [-0.1, -0.05) is 42.5 Å². The molecule has 0 amide bonds. The smallest absolute Gasteiger partial charge is 0.340 e. The molecule has 2 atom stereocenters. The summed E-state index contributed by atoms with van der Waals surface area (Å²) in [6.07, 6.45) is 0.787. The number of nitrogens with two attached hydrogens (primary N) is 1. The lowest BCUT2D eigenvalue weighted by Crippen LogP contribution is -2.33. The average molecular weight is 450 g/mol. The number of ether oxygens (including phenoxy) is 4. The van der Waals surface area contributed by atoms with Crippen molar-refractivity contribution < 1.29 is 28.5 Å². The van der Waals surface area contributed by atoms with Crippen molar-refractivity contribution in [2.45, 2.75) is 31.6 Å². The minimum absolute atomic E-state index is 0.0396. The molecule has 0 bridgehead atoms. The first kappa shape index (κ1) is 22.5. The van der Waals surface area contributed by atoms with Crippen LogP contribution in [0.1, 0.15) is 42.7 Å². The molecule has 0 fully saturated rings. The second-order valence-corrected chi connectivity index (χ2v) is 7.89. The Hall–Kier alpha value is -3.74. The Labute approximate surface area is 192 Å². The molecule has 0 aromatic heterocycles. The monoisotopic (exact) mass is 449 g/mol. The SMILES string of the molecule is CCOC(=O)C1=C(N)OC2=C(C(=O)C[C@H](c3ccccc3)C2)[C@@H]1c1cccc(OC)c1OC. The number of carbonyl (C=O) groups is 2. The molecule has 7 heteroatoms. The first-order valence-corrected chi connectivity index (χ1v) is 10.9. The van der Waals surface area contributed by atoms with Crippen LogP contribution in [0.3, 0.4) is 0 Å². The van der Waals surface area contributed by atoms with Crippen LogP contribution in [0.4, 0.5) is 0 Å². The fraction of sp³-hybridized carbons (Fsp3) is 0.308. The van der Waals surface area contributed by atoms with Gasteiger partial charge in [-0.05, 0) is 24.5 Å². The number of benzene rings is 2. The summed E-state index contributed by atoms with van der Waals surface area (Å²) < 4.78 is 22.3. The number of esters is 1. The van der Waals surface area contributed by atoms with E-state index >= 15 is 0 Å². The summed E-state index contributed by atoms with van der Waals surface area (Å²) in [5.74, 6) is -0.251. The summed E-state index contributed by atoms with van der Waals surface area (Å²) in [6, 6.07) is 15.2. The summed E-state index contributed by atoms with van der Waals surface area (Å²) in [7, 11) is 3.05. The molecular formula is C26H27NO6. The van der Waals surface area contributed by atoms with Crippen molar-refractivity contribution in [1.29, 1.82) is 0 Å². The Morgan fingerprint density at radius 2 is 1.82 bits per heavy atom. The zero-order valence-electron chi connectivity index (χ0n) is 18.9. The van der Waals surface area contributed by atoms with Crippen LogP contribution in [0.2, 0.25) is 0 Å². The summed E-state index contributed by atoms with van der Waals surface area (Å²) in [5.41, 5.74) is 8.41. The number of hydrogen-bond donors (Lipinski definition) is 1. The molecule has 0 unspecified atom stereocenters. The highest BCUT2D eigenvalue weighted by atomic mass is 16.5. The summed E-state index contributed by atoms with van der Waals surface area (Å²) in [4.78, 5) is 26.5. The van der Waals surface area contributed by atoms with Gasteiger partial charge >= 0.3 is 5.97 Å². The molecule has 4 rings (SSSR count). The van der Waals surface area contributed by atoms with Gasteiger partial charge in [0, 0.05) is 24.0 Å². The molecule has 0 saturated heterocycles. The zero-order chi connectivity index (χ0) is 23.5. The van der Waals surface area contributed by atoms with Crippen molar-refractivity contribution in [2.24, 2.45) is 5.73 Å². The van der Waals surface area contributed by atoms with E-state index in [0.717, 1.165) is 5.56 Å². The molecular weight excluding hydrogens is 422 g/mol. The Morgan fingerprint density at radius 1 is 1.06 bits per heavy atom. The van der Waals surface area contributed by atoms with E-state index in [0.29, 0.717) is 41.2 Å². The third-order valence-electron chi connectivity index (χ3n) is 6.05. The molecule has 0 saturated carbocycles. The van der Waals surface area contributed by atoms with E-state index < -0.39 is 11.9 Å². The van der Waals surface area contributed by atoms with Crippen LogP contribution in [0, 0.1) is 0 Å². The molecule has 0 spiro atoms. The van der Waals surface area contributed by atoms with Gasteiger partial charge in [0.25, 0.3) is 0 Å². The van der Waals surface area contributed by atoms with Crippen LogP contribution in [0.5, 0.6) is 11.5 Å². The first-order chi connectivity index (χ1) is 16.0. The van der Waals surface area contributed by atoms with Gasteiger partial charge in [0.15, 0.2) is 17.3 Å². The zero-order valence-corrected chi connectivity index (χ0v) is 18.9. The summed E-state index contributed by atoms with van der Waals surface area (Å²) >= 11 is 0. The van der Waals surface area contributed by atoms with E-state index in [9.17, 15) is 9.59 Å². The van der Waals surface area contributed by atoms with Gasteiger partial charge in [0.05, 0.1) is 26.7 Å². The number of allylic oxidation sites excluding steroid dienone is 2. The molecule has 1 aliphatic carbocycles. The quantitative estimate of drug-likeness (QED) is 0.667. The number of Topliss-reactive ketones (excluding diaryl/α,β-unsaturated/α-hetero) is 1. The predicted octanol–water partition coefficient (Wildman–Crippen LogP) is 3.95. The molecule has 33 heavy (non-hydrogen) atoms. The molecule has 2 aliphatic rings. The number of rotatable bonds is 6. The molecule has 2 aromatic rings. The third-order valence-corrected chi connectivity index (χ3v) is 6.05. The van der Waals surface area contributed by atoms with Crippen molar-refractivity contribution in [3.8, 4) is 11.5 Å². The number of carbonyl (C=O) groups excluding carboxylic acids is 2. The predicted molar refractivity (Wildman–Crippen MR) is 122 cm³/mol. The molecule has 172 valence electrons. The largest absolute Gasteiger partial charge is 0.493 e. The minimum atomic E-state index is -0.790. The van der Waals surface area contributed by atoms with Crippen LogP contribution in [-0.4, -0.2) is 32.6 Å². The Balaban J connectivity index is 1.88. The highest BCUT2D eigenvalue weighted by molar-refractivity contribution is 6.04. The lowest BCUT2D eigenvalue weighted by Gasteiger charge is -2.35. The van der Waals surface area contributed by atoms with Crippen molar-refractivity contribution in [2.75, 3.05) is 20.8 Å². The van der Waals surface area contributed by atoms with Gasteiger partial charge in [-0.2, -0.15) is 0 Å². The van der Waals surface area contributed by atoms with E-state index in [1.807, 2.05) is 30.3 Å². The Morgan fingerprint density at radius 3 is 2.48 bits per heavy atom. The van der Waals surface area contributed by atoms with E-state index in [-0.39, 0.29) is 29.8 Å². The van der Waals surface area contributed by atoms with Crippen molar-refractivity contribution in [3.05, 3.63) is 82.4 Å². The molecule has 2 N–H and O–H groups in total.